The summed E-state index contributed by atoms with van der Waals surface area (Å²) in [5.74, 6) is 0.630. The van der Waals surface area contributed by atoms with Crippen LogP contribution >= 0.6 is 11.6 Å². The van der Waals surface area contributed by atoms with Crippen LogP contribution < -0.4 is 15.0 Å². The highest BCUT2D eigenvalue weighted by atomic mass is 35.5. The molecule has 0 spiro atoms. The Labute approximate surface area is 194 Å². The van der Waals surface area contributed by atoms with E-state index in [2.05, 4.69) is 20.0 Å². The number of anilines is 2. The highest BCUT2D eigenvalue weighted by molar-refractivity contribution is 6.32. The van der Waals surface area contributed by atoms with Crippen molar-refractivity contribution in [3.8, 4) is 17.0 Å². The zero-order valence-corrected chi connectivity index (χ0v) is 18.8. The maximum atomic E-state index is 13.2. The van der Waals surface area contributed by atoms with E-state index in [0.29, 0.717) is 33.5 Å². The molecule has 9 nitrogen and oxygen atoms in total. The Morgan fingerprint density at radius 3 is 2.58 bits per heavy atom. The lowest BCUT2D eigenvalue weighted by molar-refractivity contribution is 0.0992. The van der Waals surface area contributed by atoms with Crippen molar-refractivity contribution in [1.82, 2.24) is 14.4 Å². The van der Waals surface area contributed by atoms with E-state index >= 15 is 0 Å². The minimum atomic E-state index is -0.601. The zero-order valence-electron chi connectivity index (χ0n) is 18.1. The van der Waals surface area contributed by atoms with E-state index < -0.39 is 6.09 Å². The molecule has 2 amide bonds. The molecule has 0 radical (unpaired) electrons. The lowest BCUT2D eigenvalue weighted by Gasteiger charge is -2.19. The van der Waals surface area contributed by atoms with Crippen LogP contribution in [-0.2, 0) is 4.74 Å². The molecule has 0 aliphatic rings. The van der Waals surface area contributed by atoms with Gasteiger partial charge in [0, 0.05) is 36.8 Å². The van der Waals surface area contributed by atoms with Gasteiger partial charge in [0.15, 0.2) is 0 Å². The first kappa shape index (κ1) is 22.1. The average molecular weight is 466 g/mol. The van der Waals surface area contributed by atoms with Gasteiger partial charge < -0.3 is 14.4 Å². The summed E-state index contributed by atoms with van der Waals surface area (Å²) in [5.41, 5.74) is 3.29. The fourth-order valence-electron chi connectivity index (χ4n) is 3.26. The standard InChI is InChI=1S/C23H20ClN5O4/c1-28(16-6-7-17(24)19(10-16)32-2)22(30)15-5-9-21-26-12-18(29(21)13-15)14-4-8-20(25-11-14)27-23(31)33-3/h4-13H,1-3H3,(H,25,27,31). The molecular formula is C23H20ClN5O4. The molecule has 0 aliphatic heterocycles. The normalized spacial score (nSPS) is 10.7. The Kier molecular flexibility index (Phi) is 6.14. The van der Waals surface area contributed by atoms with Gasteiger partial charge in [-0.1, -0.05) is 11.6 Å². The maximum Gasteiger partial charge on any atom is 0.412 e. The molecule has 3 aromatic heterocycles. The number of pyridine rings is 2. The highest BCUT2D eigenvalue weighted by Gasteiger charge is 2.17. The third kappa shape index (κ3) is 4.44. The molecular weight excluding hydrogens is 446 g/mol. The van der Waals surface area contributed by atoms with Crippen molar-refractivity contribution in [2.45, 2.75) is 0 Å². The summed E-state index contributed by atoms with van der Waals surface area (Å²) in [6, 6.07) is 12.1. The molecule has 10 heteroatoms. The van der Waals surface area contributed by atoms with Gasteiger partial charge in [0.25, 0.3) is 5.91 Å². The number of aromatic nitrogens is 3. The summed E-state index contributed by atoms with van der Waals surface area (Å²) in [6.45, 7) is 0. The Morgan fingerprint density at radius 1 is 1.06 bits per heavy atom. The summed E-state index contributed by atoms with van der Waals surface area (Å²) >= 11 is 6.10. The number of nitrogens with zero attached hydrogens (tertiary/aromatic N) is 4. The average Bonchev–Trinajstić information content (AvgIpc) is 3.27. The van der Waals surface area contributed by atoms with Gasteiger partial charge in [-0.3, -0.25) is 14.5 Å². The number of rotatable bonds is 5. The zero-order chi connectivity index (χ0) is 23.5. The summed E-state index contributed by atoms with van der Waals surface area (Å²) < 4.78 is 11.6. The molecule has 0 saturated heterocycles. The first-order chi connectivity index (χ1) is 15.9. The topological polar surface area (TPSA) is 98.1 Å². The van der Waals surface area contributed by atoms with Gasteiger partial charge in [-0.15, -0.1) is 0 Å². The maximum absolute atomic E-state index is 13.2. The number of methoxy groups -OCH3 is 2. The van der Waals surface area contributed by atoms with Crippen LogP contribution in [0.1, 0.15) is 10.4 Å². The molecule has 0 aliphatic carbocycles. The van der Waals surface area contributed by atoms with Gasteiger partial charge >= 0.3 is 6.09 Å². The number of fused-ring (bicyclic) bond motifs is 1. The summed E-state index contributed by atoms with van der Waals surface area (Å²) in [7, 11) is 4.48. The SMILES string of the molecule is COC(=O)Nc1ccc(-c2cnc3ccc(C(=O)N(C)c4ccc(Cl)c(OC)c4)cn23)cn1. The van der Waals surface area contributed by atoms with E-state index in [4.69, 9.17) is 16.3 Å². The lowest BCUT2D eigenvalue weighted by Crippen LogP contribution is -2.26. The molecule has 0 atom stereocenters. The third-order valence-corrected chi connectivity index (χ3v) is 5.37. The number of amides is 2. The molecule has 0 saturated carbocycles. The van der Waals surface area contributed by atoms with Crippen LogP contribution in [0.5, 0.6) is 5.75 Å². The number of hydrogen-bond acceptors (Lipinski definition) is 6. The monoisotopic (exact) mass is 465 g/mol. The van der Waals surface area contributed by atoms with Gasteiger partial charge in [-0.2, -0.15) is 0 Å². The van der Waals surface area contributed by atoms with Crippen LogP contribution in [0.15, 0.2) is 61.1 Å². The molecule has 3 heterocycles. The fraction of sp³-hybridized carbons (Fsp3) is 0.130. The first-order valence-corrected chi connectivity index (χ1v) is 10.2. The molecule has 1 N–H and O–H groups in total. The Balaban J connectivity index is 1.64. The van der Waals surface area contributed by atoms with Gasteiger partial charge in [-0.25, -0.2) is 14.8 Å². The second-order valence-corrected chi connectivity index (χ2v) is 7.43. The number of benzene rings is 1. The van der Waals surface area contributed by atoms with Crippen molar-refractivity contribution >= 4 is 40.8 Å². The number of imidazole rings is 1. The van der Waals surface area contributed by atoms with Crippen molar-refractivity contribution in [2.24, 2.45) is 0 Å². The van der Waals surface area contributed by atoms with Gasteiger partial charge in [0.2, 0.25) is 0 Å². The Hall–Kier alpha value is -4.11. The van der Waals surface area contributed by atoms with E-state index in [1.54, 1.807) is 68.1 Å². The molecule has 168 valence electrons. The van der Waals surface area contributed by atoms with Crippen LogP contribution in [0, 0.1) is 0 Å². The summed E-state index contributed by atoms with van der Waals surface area (Å²) in [4.78, 5) is 34.7. The van der Waals surface area contributed by atoms with Gasteiger partial charge in [0.1, 0.15) is 17.2 Å². The quantitative estimate of drug-likeness (QED) is 0.465. The largest absolute Gasteiger partial charge is 0.495 e. The van der Waals surface area contributed by atoms with Crippen LogP contribution in [0.3, 0.4) is 0 Å². The molecule has 33 heavy (non-hydrogen) atoms. The van der Waals surface area contributed by atoms with E-state index in [1.807, 2.05) is 4.40 Å². The Bertz CT molecular complexity index is 1340. The molecule has 4 aromatic rings. The smallest absolute Gasteiger partial charge is 0.412 e. The second-order valence-electron chi connectivity index (χ2n) is 7.02. The number of halogens is 1. The predicted octanol–water partition coefficient (Wildman–Crippen LogP) is 4.51. The lowest BCUT2D eigenvalue weighted by atomic mass is 10.2. The number of hydrogen-bond donors (Lipinski definition) is 1. The first-order valence-electron chi connectivity index (χ1n) is 9.81. The molecule has 4 rings (SSSR count). The van der Waals surface area contributed by atoms with Crippen LogP contribution in [0.4, 0.5) is 16.3 Å². The van der Waals surface area contributed by atoms with Crippen molar-refractivity contribution in [1.29, 1.82) is 0 Å². The molecule has 0 bridgehead atoms. The van der Waals surface area contributed by atoms with Crippen molar-refractivity contribution in [3.05, 3.63) is 71.6 Å². The van der Waals surface area contributed by atoms with Gasteiger partial charge in [0.05, 0.1) is 36.7 Å². The minimum Gasteiger partial charge on any atom is -0.495 e. The van der Waals surface area contributed by atoms with Crippen molar-refractivity contribution in [2.75, 3.05) is 31.5 Å². The fourth-order valence-corrected chi connectivity index (χ4v) is 3.46. The van der Waals surface area contributed by atoms with Crippen LogP contribution in [0.25, 0.3) is 16.9 Å². The number of carbonyl (C=O) groups excluding carboxylic acids is 2. The number of ether oxygens (including phenoxy) is 2. The molecule has 1 aromatic carbocycles. The predicted molar refractivity (Wildman–Crippen MR) is 125 cm³/mol. The van der Waals surface area contributed by atoms with Crippen LogP contribution in [-0.4, -0.2) is 47.6 Å². The third-order valence-electron chi connectivity index (χ3n) is 5.05. The van der Waals surface area contributed by atoms with Crippen LogP contribution in [0.2, 0.25) is 5.02 Å². The minimum absolute atomic E-state index is 0.211. The van der Waals surface area contributed by atoms with Gasteiger partial charge in [-0.05, 0) is 36.4 Å². The molecule has 0 fully saturated rings. The van der Waals surface area contributed by atoms with Crippen molar-refractivity contribution in [3.63, 3.8) is 0 Å². The number of nitrogens with one attached hydrogen (secondary N) is 1. The number of carbonyl (C=O) groups is 2. The summed E-state index contributed by atoms with van der Waals surface area (Å²) in [6.07, 6.45) is 4.43. The highest BCUT2D eigenvalue weighted by Crippen LogP contribution is 2.30. The van der Waals surface area contributed by atoms with E-state index in [-0.39, 0.29) is 5.91 Å². The summed E-state index contributed by atoms with van der Waals surface area (Å²) in [5, 5.41) is 2.97. The second kappa shape index (κ2) is 9.17. The Morgan fingerprint density at radius 2 is 1.88 bits per heavy atom. The van der Waals surface area contributed by atoms with E-state index in [9.17, 15) is 9.59 Å². The van der Waals surface area contributed by atoms with E-state index in [1.165, 1.54) is 19.1 Å². The molecule has 0 unspecified atom stereocenters. The van der Waals surface area contributed by atoms with Crippen molar-refractivity contribution < 1.29 is 19.1 Å². The van der Waals surface area contributed by atoms with E-state index in [0.717, 1.165) is 11.3 Å².